The van der Waals surface area contributed by atoms with Crippen LogP contribution in [-0.2, 0) is 9.47 Å². The summed E-state index contributed by atoms with van der Waals surface area (Å²) in [6, 6.07) is 9.29. The Morgan fingerprint density at radius 2 is 1.92 bits per heavy atom. The Morgan fingerprint density at radius 3 is 2.65 bits per heavy atom. The molecule has 1 aromatic carbocycles. The van der Waals surface area contributed by atoms with E-state index in [2.05, 4.69) is 11.8 Å². The van der Waals surface area contributed by atoms with Gasteiger partial charge in [0, 0.05) is 30.6 Å². The highest BCUT2D eigenvalue weighted by molar-refractivity contribution is 6.20. The molecule has 1 aromatic rings. The highest BCUT2D eigenvalue weighted by Gasteiger charge is 2.16. The molecule has 2 rings (SSSR count). The van der Waals surface area contributed by atoms with Crippen molar-refractivity contribution in [2.24, 2.45) is 5.92 Å². The number of ketones is 1. The summed E-state index contributed by atoms with van der Waals surface area (Å²) >= 11 is 6.55. The topological polar surface area (TPSA) is 38.8 Å². The first kappa shape index (κ1) is 21.4. The van der Waals surface area contributed by atoms with Gasteiger partial charge in [-0.1, -0.05) is 37.3 Å². The van der Waals surface area contributed by atoms with Crippen molar-refractivity contribution < 1.29 is 14.3 Å². The maximum Gasteiger partial charge on any atom is 0.188 e. The molecule has 0 N–H and O–H groups in total. The second-order valence-electron chi connectivity index (χ2n) is 7.07. The lowest BCUT2D eigenvalue weighted by Crippen LogP contribution is -2.37. The Morgan fingerprint density at radius 1 is 1.19 bits per heavy atom. The highest BCUT2D eigenvalue weighted by Crippen LogP contribution is 2.21. The average Bonchev–Trinajstić information content (AvgIpc) is 2.68. The zero-order chi connectivity index (χ0) is 18.6. The normalized spacial score (nSPS) is 17.8. The average molecular weight is 382 g/mol. The molecular weight excluding hydrogens is 350 g/mol. The smallest absolute Gasteiger partial charge is 0.188 e. The van der Waals surface area contributed by atoms with Crippen molar-refractivity contribution in [2.75, 3.05) is 46.1 Å². The van der Waals surface area contributed by atoms with Crippen molar-refractivity contribution in [1.82, 2.24) is 4.90 Å². The molecule has 0 spiro atoms. The molecule has 0 bridgehead atoms. The number of carbonyl (C=O) groups is 1. The first-order valence-electron chi connectivity index (χ1n) is 9.77. The number of benzene rings is 1. The van der Waals surface area contributed by atoms with Crippen LogP contribution in [0.25, 0.3) is 0 Å². The van der Waals surface area contributed by atoms with Crippen LogP contribution in [0.2, 0.25) is 0 Å². The lowest BCUT2D eigenvalue weighted by atomic mass is 9.98. The van der Waals surface area contributed by atoms with Crippen molar-refractivity contribution in [1.29, 1.82) is 0 Å². The molecule has 146 valence electrons. The minimum absolute atomic E-state index is 0.0389. The van der Waals surface area contributed by atoms with Crippen LogP contribution in [0, 0.1) is 5.92 Å². The van der Waals surface area contributed by atoms with E-state index in [4.69, 9.17) is 21.1 Å². The predicted octanol–water partition coefficient (Wildman–Crippen LogP) is 4.02. The zero-order valence-corrected chi connectivity index (χ0v) is 16.6. The van der Waals surface area contributed by atoms with Gasteiger partial charge in [0.2, 0.25) is 0 Å². The lowest BCUT2D eigenvalue weighted by Gasteiger charge is -2.27. The molecule has 0 aromatic heterocycles. The number of Topliss-reactive ketones (excluding diaryl/α,β-unsaturated/α-hetero) is 1. The first-order valence-corrected chi connectivity index (χ1v) is 10.2. The van der Waals surface area contributed by atoms with Crippen LogP contribution in [0.4, 0.5) is 0 Å². The Balaban J connectivity index is 1.49. The summed E-state index contributed by atoms with van der Waals surface area (Å²) in [4.78, 5) is 14.4. The fourth-order valence-electron chi connectivity index (χ4n) is 3.18. The van der Waals surface area contributed by atoms with Crippen LogP contribution in [0.3, 0.4) is 0 Å². The lowest BCUT2D eigenvalue weighted by molar-refractivity contribution is 0.0370. The number of carbonyl (C=O) groups excluding carboxylic acids is 1. The maximum atomic E-state index is 11.9. The summed E-state index contributed by atoms with van der Waals surface area (Å²) in [6.07, 6.45) is 4.16. The van der Waals surface area contributed by atoms with Gasteiger partial charge in [0.05, 0.1) is 13.2 Å². The number of nitrogens with zero attached hydrogens (tertiary/aromatic N) is 1. The molecule has 2 atom stereocenters. The van der Waals surface area contributed by atoms with Gasteiger partial charge in [-0.3, -0.25) is 9.69 Å². The van der Waals surface area contributed by atoms with E-state index in [1.54, 1.807) is 0 Å². The van der Waals surface area contributed by atoms with Crippen LogP contribution in [0.15, 0.2) is 30.3 Å². The van der Waals surface area contributed by atoms with Crippen molar-refractivity contribution >= 4 is 17.4 Å². The summed E-state index contributed by atoms with van der Waals surface area (Å²) in [5.41, 5.74) is 0.710. The molecule has 1 aliphatic heterocycles. The quantitative estimate of drug-likeness (QED) is 0.311. The summed E-state index contributed by atoms with van der Waals surface area (Å²) in [5.74, 6) is 0.506. The molecule has 5 heteroatoms. The Labute approximate surface area is 162 Å². The largest absolute Gasteiger partial charge is 0.379 e. The second-order valence-corrected chi connectivity index (χ2v) is 7.63. The van der Waals surface area contributed by atoms with Gasteiger partial charge in [0.25, 0.3) is 0 Å². The minimum Gasteiger partial charge on any atom is -0.379 e. The molecule has 0 aliphatic carbocycles. The van der Waals surface area contributed by atoms with E-state index in [0.29, 0.717) is 18.1 Å². The van der Waals surface area contributed by atoms with Gasteiger partial charge in [0.1, 0.15) is 6.61 Å². The van der Waals surface area contributed by atoms with Gasteiger partial charge in [-0.15, -0.1) is 11.6 Å². The third-order valence-electron chi connectivity index (χ3n) is 4.95. The fourth-order valence-corrected chi connectivity index (χ4v) is 3.46. The zero-order valence-electron chi connectivity index (χ0n) is 15.9. The Hall–Kier alpha value is -0.940. The van der Waals surface area contributed by atoms with Gasteiger partial charge >= 0.3 is 0 Å². The van der Waals surface area contributed by atoms with Crippen LogP contribution in [0.5, 0.6) is 0 Å². The molecule has 0 saturated carbocycles. The van der Waals surface area contributed by atoms with E-state index < -0.39 is 0 Å². The SMILES string of the molecule is CC(CCCOCC(=O)c1ccccc1)C(Cl)CCCN1CCOCC1. The van der Waals surface area contributed by atoms with Crippen molar-refractivity contribution in [2.45, 2.75) is 38.0 Å². The molecule has 1 heterocycles. The molecule has 0 radical (unpaired) electrons. The molecule has 1 aliphatic rings. The van der Waals surface area contributed by atoms with Crippen LogP contribution >= 0.6 is 11.6 Å². The Kier molecular flexibility index (Phi) is 10.2. The number of ether oxygens (including phenoxy) is 2. The molecule has 26 heavy (non-hydrogen) atoms. The van der Waals surface area contributed by atoms with E-state index in [1.165, 1.54) is 0 Å². The number of rotatable bonds is 12. The van der Waals surface area contributed by atoms with E-state index >= 15 is 0 Å². The molecule has 2 unspecified atom stereocenters. The van der Waals surface area contributed by atoms with E-state index in [-0.39, 0.29) is 17.8 Å². The van der Waals surface area contributed by atoms with Crippen LogP contribution in [-0.4, -0.2) is 62.1 Å². The fraction of sp³-hybridized carbons (Fsp3) is 0.667. The van der Waals surface area contributed by atoms with Gasteiger partial charge in [-0.05, 0) is 38.1 Å². The summed E-state index contributed by atoms with van der Waals surface area (Å²) in [5, 5.41) is 0.210. The highest BCUT2D eigenvalue weighted by atomic mass is 35.5. The van der Waals surface area contributed by atoms with Crippen molar-refractivity contribution in [3.05, 3.63) is 35.9 Å². The van der Waals surface area contributed by atoms with Gasteiger partial charge in [0.15, 0.2) is 5.78 Å². The first-order chi connectivity index (χ1) is 12.7. The molecular formula is C21H32ClNO3. The summed E-state index contributed by atoms with van der Waals surface area (Å²) in [6.45, 7) is 7.89. The standard InChI is InChI=1S/C21H32ClNO3/c1-18(20(22)10-5-11-23-12-15-25-16-13-23)7-6-14-26-17-21(24)19-8-3-2-4-9-19/h2-4,8-9,18,20H,5-7,10-17H2,1H3. The number of hydrogen-bond donors (Lipinski definition) is 0. The summed E-state index contributed by atoms with van der Waals surface area (Å²) < 4.78 is 10.9. The molecule has 4 nitrogen and oxygen atoms in total. The number of hydrogen-bond acceptors (Lipinski definition) is 4. The molecule has 1 saturated heterocycles. The Bertz CT molecular complexity index is 505. The van der Waals surface area contributed by atoms with Crippen molar-refractivity contribution in [3.63, 3.8) is 0 Å². The third kappa shape index (κ3) is 8.17. The monoisotopic (exact) mass is 381 g/mol. The van der Waals surface area contributed by atoms with Gasteiger partial charge in [-0.25, -0.2) is 0 Å². The minimum atomic E-state index is 0.0389. The van der Waals surface area contributed by atoms with E-state index in [1.807, 2.05) is 30.3 Å². The summed E-state index contributed by atoms with van der Waals surface area (Å²) in [7, 11) is 0. The third-order valence-corrected chi connectivity index (χ3v) is 5.60. The number of alkyl halides is 1. The van der Waals surface area contributed by atoms with Gasteiger partial charge < -0.3 is 9.47 Å². The second kappa shape index (κ2) is 12.4. The van der Waals surface area contributed by atoms with Crippen molar-refractivity contribution in [3.8, 4) is 0 Å². The predicted molar refractivity (Wildman–Crippen MR) is 106 cm³/mol. The number of halogens is 1. The van der Waals surface area contributed by atoms with Gasteiger partial charge in [-0.2, -0.15) is 0 Å². The van der Waals surface area contributed by atoms with Crippen LogP contribution < -0.4 is 0 Å². The molecule has 1 fully saturated rings. The number of morpholine rings is 1. The van der Waals surface area contributed by atoms with E-state index in [9.17, 15) is 4.79 Å². The molecule has 0 amide bonds. The van der Waals surface area contributed by atoms with E-state index in [0.717, 1.165) is 58.5 Å². The van der Waals surface area contributed by atoms with Crippen LogP contribution in [0.1, 0.15) is 43.0 Å². The maximum absolute atomic E-state index is 11.9.